The second kappa shape index (κ2) is 6.55. The smallest absolute Gasteiger partial charge is 0.124 e. The maximum atomic E-state index is 5.94. The first kappa shape index (κ1) is 13.8. The molecule has 3 nitrogen and oxygen atoms in total. The number of benzene rings is 2. The first-order valence-electron chi connectivity index (χ1n) is 6.80. The lowest BCUT2D eigenvalue weighted by Gasteiger charge is -2.21. The Labute approximate surface area is 114 Å². The van der Waals surface area contributed by atoms with Gasteiger partial charge in [-0.1, -0.05) is 37.3 Å². The van der Waals surface area contributed by atoms with Gasteiger partial charge in [-0.15, -0.1) is 0 Å². The Morgan fingerprint density at radius 2 is 2.00 bits per heavy atom. The van der Waals surface area contributed by atoms with Crippen molar-refractivity contribution in [3.8, 4) is 5.75 Å². The van der Waals surface area contributed by atoms with E-state index in [1.807, 2.05) is 6.07 Å². The first-order chi connectivity index (χ1) is 9.31. The van der Waals surface area contributed by atoms with Crippen molar-refractivity contribution in [1.82, 2.24) is 5.32 Å². The van der Waals surface area contributed by atoms with Crippen molar-refractivity contribution < 1.29 is 4.74 Å². The van der Waals surface area contributed by atoms with Gasteiger partial charge in [0, 0.05) is 18.2 Å². The predicted octanol–water partition coefficient (Wildman–Crippen LogP) is 2.85. The van der Waals surface area contributed by atoms with Gasteiger partial charge in [0.1, 0.15) is 5.75 Å². The highest BCUT2D eigenvalue weighted by atomic mass is 16.5. The Bertz CT molecular complexity index is 539. The van der Waals surface area contributed by atoms with Crippen molar-refractivity contribution in [3.63, 3.8) is 0 Å². The molecule has 0 aliphatic heterocycles. The van der Waals surface area contributed by atoms with Crippen LogP contribution >= 0.6 is 0 Å². The lowest BCUT2D eigenvalue weighted by Crippen LogP contribution is -2.29. The third kappa shape index (κ3) is 2.88. The molecule has 3 heteroatoms. The lowest BCUT2D eigenvalue weighted by molar-refractivity contribution is 0.401. The minimum absolute atomic E-state index is 0.126. The summed E-state index contributed by atoms with van der Waals surface area (Å²) in [4.78, 5) is 0. The largest absolute Gasteiger partial charge is 0.496 e. The number of rotatable bonds is 6. The van der Waals surface area contributed by atoms with Crippen LogP contribution in [0.15, 0.2) is 36.4 Å². The van der Waals surface area contributed by atoms with Crippen molar-refractivity contribution in [2.75, 3.05) is 20.2 Å². The molecule has 0 spiro atoms. The number of hydrogen-bond acceptors (Lipinski definition) is 3. The van der Waals surface area contributed by atoms with E-state index in [1.54, 1.807) is 7.11 Å². The summed E-state index contributed by atoms with van der Waals surface area (Å²) in [5, 5.41) is 5.92. The molecule has 3 N–H and O–H groups in total. The van der Waals surface area contributed by atoms with E-state index >= 15 is 0 Å². The second-order valence-corrected chi connectivity index (χ2v) is 4.65. The third-order valence-electron chi connectivity index (χ3n) is 3.38. The molecule has 0 amide bonds. The SMILES string of the molecule is CCCNC(CN)c1c(OC)ccc2ccccc12. The standard InChI is InChI=1S/C16H22N2O/c1-3-10-18-14(11-17)16-13-7-5-4-6-12(13)8-9-15(16)19-2/h4-9,14,18H,3,10-11,17H2,1-2H3. The van der Waals surface area contributed by atoms with Crippen LogP contribution in [0.3, 0.4) is 0 Å². The summed E-state index contributed by atoms with van der Waals surface area (Å²) in [7, 11) is 1.71. The molecule has 0 radical (unpaired) electrons. The highest BCUT2D eigenvalue weighted by Gasteiger charge is 2.17. The van der Waals surface area contributed by atoms with E-state index in [9.17, 15) is 0 Å². The van der Waals surface area contributed by atoms with E-state index in [-0.39, 0.29) is 6.04 Å². The average Bonchev–Trinajstić information content (AvgIpc) is 2.47. The molecule has 2 aromatic carbocycles. The van der Waals surface area contributed by atoms with Crippen LogP contribution in [0.2, 0.25) is 0 Å². The van der Waals surface area contributed by atoms with Crippen LogP contribution in [0.25, 0.3) is 10.8 Å². The van der Waals surface area contributed by atoms with Gasteiger partial charge in [-0.2, -0.15) is 0 Å². The number of ether oxygens (including phenoxy) is 1. The van der Waals surface area contributed by atoms with Crippen LogP contribution in [-0.4, -0.2) is 20.2 Å². The van der Waals surface area contributed by atoms with Crippen molar-refractivity contribution in [1.29, 1.82) is 0 Å². The Morgan fingerprint density at radius 3 is 2.68 bits per heavy atom. The maximum Gasteiger partial charge on any atom is 0.124 e. The topological polar surface area (TPSA) is 47.3 Å². The van der Waals surface area contributed by atoms with Crippen LogP contribution in [0.1, 0.15) is 24.9 Å². The second-order valence-electron chi connectivity index (χ2n) is 4.65. The van der Waals surface area contributed by atoms with E-state index in [0.29, 0.717) is 6.54 Å². The summed E-state index contributed by atoms with van der Waals surface area (Å²) in [6.07, 6.45) is 1.09. The molecule has 2 aromatic rings. The molecule has 1 unspecified atom stereocenters. The molecule has 0 aliphatic rings. The Kier molecular flexibility index (Phi) is 4.77. The fraction of sp³-hybridized carbons (Fsp3) is 0.375. The molecule has 2 rings (SSSR count). The Morgan fingerprint density at radius 1 is 1.21 bits per heavy atom. The fourth-order valence-electron chi connectivity index (χ4n) is 2.43. The molecule has 0 bridgehead atoms. The van der Waals surface area contributed by atoms with E-state index in [0.717, 1.165) is 24.3 Å². The highest BCUT2D eigenvalue weighted by molar-refractivity contribution is 5.88. The predicted molar refractivity (Wildman–Crippen MR) is 80.6 cm³/mol. The minimum Gasteiger partial charge on any atom is -0.496 e. The van der Waals surface area contributed by atoms with E-state index in [1.165, 1.54) is 10.8 Å². The third-order valence-corrected chi connectivity index (χ3v) is 3.38. The van der Waals surface area contributed by atoms with Crippen molar-refractivity contribution in [2.24, 2.45) is 5.73 Å². The van der Waals surface area contributed by atoms with Crippen molar-refractivity contribution >= 4 is 10.8 Å². The monoisotopic (exact) mass is 258 g/mol. The summed E-state index contributed by atoms with van der Waals surface area (Å²) in [6.45, 7) is 3.67. The molecule has 0 saturated heterocycles. The van der Waals surface area contributed by atoms with Crippen molar-refractivity contribution in [3.05, 3.63) is 42.0 Å². The van der Waals surface area contributed by atoms with Crippen LogP contribution in [-0.2, 0) is 0 Å². The molecule has 102 valence electrons. The van der Waals surface area contributed by atoms with Crippen LogP contribution < -0.4 is 15.8 Å². The molecule has 0 aromatic heterocycles. The zero-order chi connectivity index (χ0) is 13.7. The molecular weight excluding hydrogens is 236 g/mol. The van der Waals surface area contributed by atoms with Gasteiger partial charge in [-0.05, 0) is 29.8 Å². The lowest BCUT2D eigenvalue weighted by atomic mass is 9.97. The van der Waals surface area contributed by atoms with Gasteiger partial charge in [-0.25, -0.2) is 0 Å². The Balaban J connectivity index is 2.53. The zero-order valence-corrected chi connectivity index (χ0v) is 11.6. The summed E-state index contributed by atoms with van der Waals surface area (Å²) in [6, 6.07) is 12.6. The van der Waals surface area contributed by atoms with Gasteiger partial charge in [0.05, 0.1) is 7.11 Å². The maximum absolute atomic E-state index is 5.94. The molecule has 0 fully saturated rings. The van der Waals surface area contributed by atoms with E-state index < -0.39 is 0 Å². The zero-order valence-electron chi connectivity index (χ0n) is 11.6. The average molecular weight is 258 g/mol. The number of methoxy groups -OCH3 is 1. The minimum atomic E-state index is 0.126. The van der Waals surface area contributed by atoms with Gasteiger partial charge in [0.2, 0.25) is 0 Å². The highest BCUT2D eigenvalue weighted by Crippen LogP contribution is 2.32. The molecular formula is C16H22N2O. The number of hydrogen-bond donors (Lipinski definition) is 2. The van der Waals surface area contributed by atoms with Crippen LogP contribution in [0.4, 0.5) is 0 Å². The first-order valence-corrected chi connectivity index (χ1v) is 6.80. The van der Waals surface area contributed by atoms with Gasteiger partial charge in [0.25, 0.3) is 0 Å². The normalized spacial score (nSPS) is 12.6. The molecule has 0 heterocycles. The summed E-state index contributed by atoms with van der Waals surface area (Å²) < 4.78 is 5.52. The van der Waals surface area contributed by atoms with Crippen LogP contribution in [0.5, 0.6) is 5.75 Å². The van der Waals surface area contributed by atoms with E-state index in [2.05, 4.69) is 42.6 Å². The summed E-state index contributed by atoms with van der Waals surface area (Å²) >= 11 is 0. The van der Waals surface area contributed by atoms with Crippen molar-refractivity contribution in [2.45, 2.75) is 19.4 Å². The molecule has 0 saturated carbocycles. The Hall–Kier alpha value is -1.58. The fourth-order valence-corrected chi connectivity index (χ4v) is 2.43. The molecule has 1 atom stereocenters. The van der Waals surface area contributed by atoms with Gasteiger partial charge in [0.15, 0.2) is 0 Å². The van der Waals surface area contributed by atoms with Gasteiger partial charge < -0.3 is 15.8 Å². The number of nitrogens with one attached hydrogen (secondary N) is 1. The summed E-state index contributed by atoms with van der Waals surface area (Å²) in [5.41, 5.74) is 7.11. The molecule has 0 aliphatic carbocycles. The number of fused-ring (bicyclic) bond motifs is 1. The van der Waals surface area contributed by atoms with Gasteiger partial charge >= 0.3 is 0 Å². The summed E-state index contributed by atoms with van der Waals surface area (Å²) in [5.74, 6) is 0.901. The number of nitrogens with two attached hydrogens (primary N) is 1. The van der Waals surface area contributed by atoms with Gasteiger partial charge in [-0.3, -0.25) is 0 Å². The van der Waals surface area contributed by atoms with Crippen LogP contribution in [0, 0.1) is 0 Å². The molecule has 19 heavy (non-hydrogen) atoms. The quantitative estimate of drug-likeness (QED) is 0.837. The van der Waals surface area contributed by atoms with E-state index in [4.69, 9.17) is 10.5 Å².